The van der Waals surface area contributed by atoms with Gasteiger partial charge in [0.2, 0.25) is 0 Å². The van der Waals surface area contributed by atoms with Crippen LogP contribution in [0.15, 0.2) is 71.1 Å². The molecule has 0 saturated heterocycles. The molecule has 3 aromatic rings. The topological polar surface area (TPSA) is 67.8 Å². The molecule has 0 aliphatic rings. The van der Waals surface area contributed by atoms with Crippen LogP contribution in [0.2, 0.25) is 0 Å². The van der Waals surface area contributed by atoms with Crippen molar-refractivity contribution in [1.82, 2.24) is 5.43 Å². The average Bonchev–Trinajstić information content (AvgIpc) is 3.18. The van der Waals surface area contributed by atoms with Crippen molar-refractivity contribution in [3.8, 4) is 5.75 Å². The molecule has 1 amide bonds. The Hall–Kier alpha value is -3.25. The van der Waals surface area contributed by atoms with Crippen LogP contribution in [0.5, 0.6) is 5.75 Å². The summed E-state index contributed by atoms with van der Waals surface area (Å²) in [6.07, 6.45) is 1.52. The molecule has 1 N–H and O–H groups in total. The number of carbonyl (C=O) groups excluding carboxylic acids is 2. The zero-order valence-corrected chi connectivity index (χ0v) is 14.8. The lowest BCUT2D eigenvalue weighted by atomic mass is 10.1. The second-order valence-corrected chi connectivity index (χ2v) is 6.45. The number of ether oxygens (including phenoxy) is 1. The van der Waals surface area contributed by atoms with Crippen LogP contribution in [0.25, 0.3) is 0 Å². The van der Waals surface area contributed by atoms with Crippen LogP contribution in [0.1, 0.15) is 31.2 Å². The summed E-state index contributed by atoms with van der Waals surface area (Å²) in [5.74, 6) is -0.209. The Kier molecular flexibility index (Phi) is 5.56. The summed E-state index contributed by atoms with van der Waals surface area (Å²) in [5.41, 5.74) is 4.88. The molecule has 130 valence electrons. The largest absolute Gasteiger partial charge is 0.422 e. The van der Waals surface area contributed by atoms with E-state index in [0.29, 0.717) is 16.2 Å². The summed E-state index contributed by atoms with van der Waals surface area (Å²) >= 11 is 1.33. The average molecular weight is 364 g/mol. The summed E-state index contributed by atoms with van der Waals surface area (Å²) < 4.78 is 5.28. The number of hydrogen-bond acceptors (Lipinski definition) is 5. The van der Waals surface area contributed by atoms with E-state index in [1.165, 1.54) is 17.6 Å². The molecule has 0 fully saturated rings. The van der Waals surface area contributed by atoms with Gasteiger partial charge in [0.25, 0.3) is 5.91 Å². The first-order valence-corrected chi connectivity index (χ1v) is 8.75. The van der Waals surface area contributed by atoms with Crippen LogP contribution >= 0.6 is 11.3 Å². The van der Waals surface area contributed by atoms with Crippen molar-refractivity contribution in [3.05, 3.63) is 87.6 Å². The van der Waals surface area contributed by atoms with Gasteiger partial charge in [-0.3, -0.25) is 4.79 Å². The number of hydrogen-bond donors (Lipinski definition) is 1. The van der Waals surface area contributed by atoms with E-state index >= 15 is 0 Å². The van der Waals surface area contributed by atoms with E-state index < -0.39 is 0 Å². The molecular formula is C20H16N2O3S. The summed E-state index contributed by atoms with van der Waals surface area (Å²) in [5, 5.41) is 5.76. The van der Waals surface area contributed by atoms with Gasteiger partial charge < -0.3 is 4.74 Å². The number of carbonyl (C=O) groups is 2. The number of nitrogens with zero attached hydrogens (tertiary/aromatic N) is 1. The van der Waals surface area contributed by atoms with Gasteiger partial charge in [-0.1, -0.05) is 23.8 Å². The third-order valence-electron chi connectivity index (χ3n) is 3.51. The fourth-order valence-corrected chi connectivity index (χ4v) is 2.71. The van der Waals surface area contributed by atoms with Crippen molar-refractivity contribution < 1.29 is 14.3 Å². The summed E-state index contributed by atoms with van der Waals surface area (Å²) in [7, 11) is 0. The molecule has 0 saturated carbocycles. The van der Waals surface area contributed by atoms with Gasteiger partial charge in [0.1, 0.15) is 10.6 Å². The monoisotopic (exact) mass is 364 g/mol. The summed E-state index contributed by atoms with van der Waals surface area (Å²) in [4.78, 5) is 24.4. The third kappa shape index (κ3) is 4.64. The van der Waals surface area contributed by atoms with Crippen LogP contribution in [-0.4, -0.2) is 18.1 Å². The maximum absolute atomic E-state index is 12.0. The number of amides is 1. The van der Waals surface area contributed by atoms with Crippen LogP contribution in [-0.2, 0) is 0 Å². The third-order valence-corrected chi connectivity index (χ3v) is 4.36. The minimum absolute atomic E-state index is 0.275. The molecule has 0 unspecified atom stereocenters. The lowest BCUT2D eigenvalue weighted by Crippen LogP contribution is -2.17. The van der Waals surface area contributed by atoms with E-state index in [1.807, 2.05) is 24.4 Å². The molecule has 0 spiro atoms. The van der Waals surface area contributed by atoms with Gasteiger partial charge in [-0.2, -0.15) is 5.10 Å². The fraction of sp³-hybridized carbons (Fsp3) is 0.0500. The van der Waals surface area contributed by atoms with E-state index in [9.17, 15) is 9.59 Å². The maximum atomic E-state index is 12.0. The summed E-state index contributed by atoms with van der Waals surface area (Å²) in [6, 6.07) is 17.6. The van der Waals surface area contributed by atoms with Crippen LogP contribution in [0, 0.1) is 6.92 Å². The van der Waals surface area contributed by atoms with Gasteiger partial charge >= 0.3 is 5.97 Å². The molecule has 0 radical (unpaired) electrons. The van der Waals surface area contributed by atoms with Crippen molar-refractivity contribution in [2.45, 2.75) is 6.92 Å². The molecule has 26 heavy (non-hydrogen) atoms. The van der Waals surface area contributed by atoms with E-state index in [4.69, 9.17) is 4.74 Å². The van der Waals surface area contributed by atoms with Gasteiger partial charge in [-0.15, -0.1) is 11.3 Å². The number of thiophene rings is 1. The zero-order valence-electron chi connectivity index (χ0n) is 14.0. The van der Waals surface area contributed by atoms with Crippen molar-refractivity contribution in [3.63, 3.8) is 0 Å². The molecular weight excluding hydrogens is 348 g/mol. The van der Waals surface area contributed by atoms with Gasteiger partial charge in [0.05, 0.1) is 6.21 Å². The highest BCUT2D eigenvalue weighted by Crippen LogP contribution is 2.16. The number of benzene rings is 2. The normalized spacial score (nSPS) is 10.7. The Labute approximate surface area is 154 Å². The standard InChI is InChI=1S/C20H16N2O3S/c1-14-4-8-16(9-5-14)19(23)22-21-13-15-6-10-17(11-7-15)25-20(24)18-3-2-12-26-18/h2-13H,1H3,(H,22,23). The first-order chi connectivity index (χ1) is 12.6. The van der Waals surface area contributed by atoms with Crippen molar-refractivity contribution >= 4 is 29.4 Å². The second-order valence-electron chi connectivity index (χ2n) is 5.50. The van der Waals surface area contributed by atoms with E-state index in [1.54, 1.807) is 48.5 Å². The van der Waals surface area contributed by atoms with Crippen LogP contribution in [0.3, 0.4) is 0 Å². The SMILES string of the molecule is Cc1ccc(C(=O)NN=Cc2ccc(OC(=O)c3cccs3)cc2)cc1. The second kappa shape index (κ2) is 8.22. The van der Waals surface area contributed by atoms with E-state index in [-0.39, 0.29) is 11.9 Å². The molecule has 0 atom stereocenters. The molecule has 1 heterocycles. The Balaban J connectivity index is 1.55. The molecule has 5 nitrogen and oxygen atoms in total. The van der Waals surface area contributed by atoms with E-state index in [2.05, 4.69) is 10.5 Å². The van der Waals surface area contributed by atoms with Crippen molar-refractivity contribution in [2.24, 2.45) is 5.10 Å². The van der Waals surface area contributed by atoms with Gasteiger partial charge in [0, 0.05) is 5.56 Å². The highest BCUT2D eigenvalue weighted by Gasteiger charge is 2.09. The number of rotatable bonds is 5. The molecule has 1 aromatic heterocycles. The zero-order chi connectivity index (χ0) is 18.4. The maximum Gasteiger partial charge on any atom is 0.353 e. The fourth-order valence-electron chi connectivity index (χ4n) is 2.11. The molecule has 0 bridgehead atoms. The predicted octanol–water partition coefficient (Wildman–Crippen LogP) is 4.04. The van der Waals surface area contributed by atoms with Gasteiger partial charge in [-0.05, 0) is 60.3 Å². The Morgan fingerprint density at radius 1 is 1.04 bits per heavy atom. The van der Waals surface area contributed by atoms with Gasteiger partial charge in [0.15, 0.2) is 0 Å². The highest BCUT2D eigenvalue weighted by atomic mass is 32.1. The molecule has 0 aliphatic carbocycles. The van der Waals surface area contributed by atoms with Crippen molar-refractivity contribution in [1.29, 1.82) is 0 Å². The Bertz CT molecular complexity index is 915. The molecule has 2 aromatic carbocycles. The van der Waals surface area contributed by atoms with Crippen molar-refractivity contribution in [2.75, 3.05) is 0 Å². The lowest BCUT2D eigenvalue weighted by Gasteiger charge is -2.03. The smallest absolute Gasteiger partial charge is 0.353 e. The minimum Gasteiger partial charge on any atom is -0.422 e. The molecule has 3 rings (SSSR count). The van der Waals surface area contributed by atoms with Crippen LogP contribution in [0.4, 0.5) is 0 Å². The molecule has 0 aliphatic heterocycles. The first-order valence-electron chi connectivity index (χ1n) is 7.87. The minimum atomic E-state index is -0.383. The molecule has 6 heteroatoms. The van der Waals surface area contributed by atoms with E-state index in [0.717, 1.165) is 11.1 Å². The Morgan fingerprint density at radius 2 is 1.77 bits per heavy atom. The van der Waals surface area contributed by atoms with Crippen LogP contribution < -0.4 is 10.2 Å². The highest BCUT2D eigenvalue weighted by molar-refractivity contribution is 7.12. The predicted molar refractivity (Wildman–Crippen MR) is 102 cm³/mol. The summed E-state index contributed by atoms with van der Waals surface area (Å²) in [6.45, 7) is 1.96. The number of hydrazone groups is 1. The quantitative estimate of drug-likeness (QED) is 0.322. The number of nitrogens with one attached hydrogen (secondary N) is 1. The number of esters is 1. The van der Waals surface area contributed by atoms with Gasteiger partial charge in [-0.25, -0.2) is 10.2 Å². The Morgan fingerprint density at radius 3 is 2.42 bits per heavy atom. The number of aryl methyl sites for hydroxylation is 1. The lowest BCUT2D eigenvalue weighted by molar-refractivity contribution is 0.0739. The first kappa shape index (κ1) is 17.6.